The third kappa shape index (κ3) is 2.25. The highest BCUT2D eigenvalue weighted by atomic mass is 16.7. The molecule has 1 aliphatic carbocycles. The van der Waals surface area contributed by atoms with E-state index in [0.29, 0.717) is 0 Å². The second-order valence-corrected chi connectivity index (χ2v) is 4.98. The molecular formula is C13H20O3. The zero-order valence-corrected chi connectivity index (χ0v) is 10.6. The highest BCUT2D eigenvalue weighted by Gasteiger charge is 2.40. The normalized spacial score (nSPS) is 24.1. The summed E-state index contributed by atoms with van der Waals surface area (Å²) in [4.78, 5) is 10.8. The summed E-state index contributed by atoms with van der Waals surface area (Å²) in [5.74, 6) is -1.02. The fraction of sp³-hybridized carbons (Fsp3) is 0.615. The molecule has 0 aromatic rings. The Kier molecular flexibility index (Phi) is 3.71. The van der Waals surface area contributed by atoms with Gasteiger partial charge in [0.2, 0.25) is 5.79 Å². The Hall–Kier alpha value is -0.930. The molecule has 0 bridgehead atoms. The van der Waals surface area contributed by atoms with E-state index < -0.39 is 5.79 Å². The van der Waals surface area contributed by atoms with Gasteiger partial charge < -0.3 is 14.3 Å². The first-order valence-electron chi connectivity index (χ1n) is 5.37. The summed E-state index contributed by atoms with van der Waals surface area (Å²) in [6, 6.07) is 0. The third-order valence-electron chi connectivity index (χ3n) is 2.84. The smallest absolute Gasteiger partial charge is 0.211 e. The number of hydrogen-bond donors (Lipinski definition) is 0. The highest BCUT2D eigenvalue weighted by molar-refractivity contribution is 5.62. The van der Waals surface area contributed by atoms with E-state index in [-0.39, 0.29) is 11.3 Å². The topological polar surface area (TPSA) is 35.5 Å². The van der Waals surface area contributed by atoms with E-state index in [2.05, 4.69) is 20.8 Å². The van der Waals surface area contributed by atoms with Crippen molar-refractivity contribution >= 4 is 6.29 Å². The lowest BCUT2D eigenvalue weighted by molar-refractivity contribution is -0.151. The lowest BCUT2D eigenvalue weighted by Crippen LogP contribution is -2.41. The molecule has 0 fully saturated rings. The van der Waals surface area contributed by atoms with Crippen molar-refractivity contribution < 1.29 is 14.3 Å². The number of aldehydes is 1. The number of ether oxygens (including phenoxy) is 2. The standard InChI is InChI=1S/C13H20O3/c1-12(2,3)11-8-10(9-14)6-7-13(11,15-4)16-5/h6-10H,1-5H3. The summed E-state index contributed by atoms with van der Waals surface area (Å²) < 4.78 is 10.9. The van der Waals surface area contributed by atoms with Gasteiger partial charge in [0.05, 0.1) is 5.92 Å². The Balaban J connectivity index is 3.21. The molecule has 0 aliphatic heterocycles. The lowest BCUT2D eigenvalue weighted by atomic mass is 9.77. The van der Waals surface area contributed by atoms with Crippen LogP contribution in [0.2, 0.25) is 0 Å². The first kappa shape index (κ1) is 13.1. The molecule has 1 atom stereocenters. The monoisotopic (exact) mass is 224 g/mol. The predicted octanol–water partition coefficient (Wildman–Crippen LogP) is 2.33. The molecule has 0 saturated carbocycles. The average molecular weight is 224 g/mol. The number of methoxy groups -OCH3 is 2. The van der Waals surface area contributed by atoms with Crippen molar-refractivity contribution in [2.45, 2.75) is 26.6 Å². The Morgan fingerprint density at radius 3 is 2.25 bits per heavy atom. The number of rotatable bonds is 3. The van der Waals surface area contributed by atoms with E-state index >= 15 is 0 Å². The van der Waals surface area contributed by atoms with Crippen LogP contribution in [0, 0.1) is 11.3 Å². The molecule has 0 spiro atoms. The van der Waals surface area contributed by atoms with Crippen molar-refractivity contribution in [3.8, 4) is 0 Å². The summed E-state index contributed by atoms with van der Waals surface area (Å²) >= 11 is 0. The molecule has 0 radical (unpaired) electrons. The van der Waals surface area contributed by atoms with Crippen LogP contribution in [0.5, 0.6) is 0 Å². The van der Waals surface area contributed by atoms with Gasteiger partial charge in [-0.05, 0) is 17.1 Å². The Bertz CT molecular complexity index is 317. The molecule has 90 valence electrons. The molecule has 3 heteroatoms. The number of carbonyl (C=O) groups is 1. The van der Waals surface area contributed by atoms with E-state index in [0.717, 1.165) is 11.9 Å². The van der Waals surface area contributed by atoms with Gasteiger partial charge in [0.1, 0.15) is 6.29 Å². The van der Waals surface area contributed by atoms with E-state index in [4.69, 9.17) is 9.47 Å². The van der Waals surface area contributed by atoms with Crippen molar-refractivity contribution in [2.24, 2.45) is 11.3 Å². The predicted molar refractivity (Wildman–Crippen MR) is 63.0 cm³/mol. The van der Waals surface area contributed by atoms with Crippen LogP contribution in [-0.4, -0.2) is 26.3 Å². The first-order chi connectivity index (χ1) is 7.39. The van der Waals surface area contributed by atoms with Gasteiger partial charge >= 0.3 is 0 Å². The minimum Gasteiger partial charge on any atom is -0.346 e. The van der Waals surface area contributed by atoms with Crippen LogP contribution in [0.3, 0.4) is 0 Å². The zero-order chi connectivity index (χ0) is 12.4. The van der Waals surface area contributed by atoms with Crippen LogP contribution in [0.15, 0.2) is 23.8 Å². The third-order valence-corrected chi connectivity index (χ3v) is 2.84. The molecule has 0 N–H and O–H groups in total. The molecule has 0 saturated heterocycles. The van der Waals surface area contributed by atoms with Crippen molar-refractivity contribution in [3.05, 3.63) is 23.8 Å². The molecule has 0 aromatic carbocycles. The van der Waals surface area contributed by atoms with Gasteiger partial charge in [-0.2, -0.15) is 0 Å². The molecule has 1 rings (SSSR count). The van der Waals surface area contributed by atoms with Crippen LogP contribution < -0.4 is 0 Å². The quantitative estimate of drug-likeness (QED) is 0.419. The Morgan fingerprint density at radius 2 is 1.88 bits per heavy atom. The Morgan fingerprint density at radius 1 is 1.31 bits per heavy atom. The van der Waals surface area contributed by atoms with Gasteiger partial charge in [-0.15, -0.1) is 0 Å². The maximum atomic E-state index is 10.8. The number of carbonyl (C=O) groups excluding carboxylic acids is 1. The second kappa shape index (κ2) is 4.52. The maximum Gasteiger partial charge on any atom is 0.211 e. The minimum atomic E-state index is -0.836. The fourth-order valence-electron chi connectivity index (χ4n) is 1.99. The summed E-state index contributed by atoms with van der Waals surface area (Å²) in [6.45, 7) is 6.23. The zero-order valence-electron chi connectivity index (χ0n) is 10.6. The van der Waals surface area contributed by atoms with E-state index in [1.807, 2.05) is 12.2 Å². The van der Waals surface area contributed by atoms with Crippen LogP contribution in [-0.2, 0) is 14.3 Å². The summed E-state index contributed by atoms with van der Waals surface area (Å²) in [5, 5.41) is 0. The van der Waals surface area contributed by atoms with E-state index in [9.17, 15) is 4.79 Å². The molecule has 0 amide bonds. The van der Waals surface area contributed by atoms with Crippen molar-refractivity contribution in [1.29, 1.82) is 0 Å². The minimum absolute atomic E-state index is 0.113. The second-order valence-electron chi connectivity index (χ2n) is 4.98. The fourth-order valence-corrected chi connectivity index (χ4v) is 1.99. The molecule has 1 unspecified atom stereocenters. The first-order valence-corrected chi connectivity index (χ1v) is 5.37. The van der Waals surface area contributed by atoms with Crippen molar-refractivity contribution in [1.82, 2.24) is 0 Å². The van der Waals surface area contributed by atoms with Crippen molar-refractivity contribution in [3.63, 3.8) is 0 Å². The van der Waals surface area contributed by atoms with E-state index in [1.165, 1.54) is 0 Å². The molecule has 3 nitrogen and oxygen atoms in total. The largest absolute Gasteiger partial charge is 0.346 e. The molecular weight excluding hydrogens is 204 g/mol. The number of hydrogen-bond acceptors (Lipinski definition) is 3. The maximum absolute atomic E-state index is 10.8. The van der Waals surface area contributed by atoms with Gasteiger partial charge in [0, 0.05) is 14.2 Å². The average Bonchev–Trinajstić information content (AvgIpc) is 2.27. The summed E-state index contributed by atoms with van der Waals surface area (Å²) in [5.41, 5.74) is 0.863. The van der Waals surface area contributed by atoms with Gasteiger partial charge in [-0.3, -0.25) is 0 Å². The SMILES string of the molecule is COC1(OC)C=CC(C=O)C=C1C(C)(C)C. The number of allylic oxidation sites excluding steroid dienone is 2. The highest BCUT2D eigenvalue weighted by Crippen LogP contribution is 2.40. The Labute approximate surface area is 97.1 Å². The van der Waals surface area contributed by atoms with Gasteiger partial charge in [0.15, 0.2) is 0 Å². The lowest BCUT2D eigenvalue weighted by Gasteiger charge is -2.40. The van der Waals surface area contributed by atoms with Crippen LogP contribution in [0.4, 0.5) is 0 Å². The van der Waals surface area contributed by atoms with Crippen molar-refractivity contribution in [2.75, 3.05) is 14.2 Å². The molecule has 16 heavy (non-hydrogen) atoms. The van der Waals surface area contributed by atoms with Gasteiger partial charge in [-0.1, -0.05) is 32.9 Å². The van der Waals surface area contributed by atoms with Crippen LogP contribution >= 0.6 is 0 Å². The van der Waals surface area contributed by atoms with Gasteiger partial charge in [0.25, 0.3) is 0 Å². The van der Waals surface area contributed by atoms with Crippen LogP contribution in [0.1, 0.15) is 20.8 Å². The van der Waals surface area contributed by atoms with E-state index in [1.54, 1.807) is 20.3 Å². The molecule has 0 aromatic heterocycles. The van der Waals surface area contributed by atoms with Crippen LogP contribution in [0.25, 0.3) is 0 Å². The molecule has 0 heterocycles. The summed E-state index contributed by atoms with van der Waals surface area (Å²) in [7, 11) is 3.21. The molecule has 1 aliphatic rings. The summed E-state index contributed by atoms with van der Waals surface area (Å²) in [6.07, 6.45) is 6.44. The van der Waals surface area contributed by atoms with Gasteiger partial charge in [-0.25, -0.2) is 0 Å².